The van der Waals surface area contributed by atoms with Gasteiger partial charge in [-0.25, -0.2) is 9.78 Å². The first-order valence-electron chi connectivity index (χ1n) is 6.69. The summed E-state index contributed by atoms with van der Waals surface area (Å²) < 4.78 is 0. The lowest BCUT2D eigenvalue weighted by Gasteiger charge is -2.15. The molecule has 21 heavy (non-hydrogen) atoms. The molecule has 0 unspecified atom stereocenters. The van der Waals surface area contributed by atoms with Crippen LogP contribution in [0.2, 0.25) is 0 Å². The highest BCUT2D eigenvalue weighted by atomic mass is 16.2. The van der Waals surface area contributed by atoms with Gasteiger partial charge in [0.2, 0.25) is 0 Å². The minimum absolute atomic E-state index is 0.271. The molecule has 7 heteroatoms. The summed E-state index contributed by atoms with van der Waals surface area (Å²) in [6.45, 7) is 3.65. The Morgan fingerprint density at radius 3 is 2.76 bits per heavy atom. The number of nitrogens with one attached hydrogen (secondary N) is 3. The van der Waals surface area contributed by atoms with Crippen molar-refractivity contribution in [3.63, 3.8) is 0 Å². The number of aromatic amines is 1. The smallest absolute Gasteiger partial charge is 0.319 e. The highest BCUT2D eigenvalue weighted by Gasteiger charge is 2.13. The van der Waals surface area contributed by atoms with Crippen LogP contribution in [-0.4, -0.2) is 35.3 Å². The number of hydrogen-bond donors (Lipinski definition) is 3. The summed E-state index contributed by atoms with van der Waals surface area (Å²) in [4.78, 5) is 18.1. The van der Waals surface area contributed by atoms with E-state index >= 15 is 0 Å². The van der Waals surface area contributed by atoms with E-state index in [2.05, 4.69) is 25.8 Å². The SMILES string of the molecule is Cc1nc([C@@H](C)NC(=O)Nc2cccc(N(C)C)c2)n[nH]1. The molecule has 1 atom stereocenters. The summed E-state index contributed by atoms with van der Waals surface area (Å²) >= 11 is 0. The molecule has 0 saturated carbocycles. The summed E-state index contributed by atoms with van der Waals surface area (Å²) in [6, 6.07) is 7.05. The van der Waals surface area contributed by atoms with Gasteiger partial charge < -0.3 is 15.5 Å². The lowest BCUT2D eigenvalue weighted by molar-refractivity contribution is 0.249. The van der Waals surface area contributed by atoms with E-state index in [4.69, 9.17) is 0 Å². The highest BCUT2D eigenvalue weighted by molar-refractivity contribution is 5.90. The number of rotatable bonds is 4. The van der Waals surface area contributed by atoms with Gasteiger partial charge in [-0.3, -0.25) is 5.10 Å². The molecule has 1 aromatic heterocycles. The van der Waals surface area contributed by atoms with Crippen LogP contribution in [-0.2, 0) is 0 Å². The Labute approximate surface area is 123 Å². The first kappa shape index (κ1) is 14.8. The molecule has 1 aromatic carbocycles. The third-order valence-electron chi connectivity index (χ3n) is 2.97. The fourth-order valence-corrected chi connectivity index (χ4v) is 1.84. The van der Waals surface area contributed by atoms with E-state index in [1.54, 1.807) is 0 Å². The molecule has 0 aliphatic heterocycles. The van der Waals surface area contributed by atoms with E-state index in [0.717, 1.165) is 17.2 Å². The first-order valence-corrected chi connectivity index (χ1v) is 6.69. The number of anilines is 2. The van der Waals surface area contributed by atoms with E-state index in [1.165, 1.54) is 0 Å². The van der Waals surface area contributed by atoms with Crippen LogP contribution in [0.5, 0.6) is 0 Å². The van der Waals surface area contributed by atoms with Crippen LogP contribution in [0.15, 0.2) is 24.3 Å². The Morgan fingerprint density at radius 2 is 2.14 bits per heavy atom. The van der Waals surface area contributed by atoms with Crippen LogP contribution >= 0.6 is 0 Å². The summed E-state index contributed by atoms with van der Waals surface area (Å²) in [5.41, 5.74) is 1.75. The quantitative estimate of drug-likeness (QED) is 0.804. The van der Waals surface area contributed by atoms with Crippen LogP contribution in [0, 0.1) is 6.92 Å². The fraction of sp³-hybridized carbons (Fsp3) is 0.357. The van der Waals surface area contributed by atoms with Gasteiger partial charge in [0.05, 0.1) is 6.04 Å². The average molecular weight is 288 g/mol. The van der Waals surface area contributed by atoms with Gasteiger partial charge in [0.15, 0.2) is 5.82 Å². The van der Waals surface area contributed by atoms with Gasteiger partial charge in [0.1, 0.15) is 5.82 Å². The Kier molecular flexibility index (Phi) is 4.42. The summed E-state index contributed by atoms with van der Waals surface area (Å²) in [6.07, 6.45) is 0. The number of aryl methyl sites for hydroxylation is 1. The lowest BCUT2D eigenvalue weighted by Crippen LogP contribution is -2.31. The Balaban J connectivity index is 1.97. The molecule has 112 valence electrons. The van der Waals surface area contributed by atoms with Crippen molar-refractivity contribution in [3.8, 4) is 0 Å². The van der Waals surface area contributed by atoms with Crippen molar-refractivity contribution in [2.75, 3.05) is 24.3 Å². The van der Waals surface area contributed by atoms with Gasteiger partial charge in [-0.2, -0.15) is 5.10 Å². The van der Waals surface area contributed by atoms with Crippen molar-refractivity contribution < 1.29 is 4.79 Å². The maximum absolute atomic E-state index is 12.0. The molecule has 3 N–H and O–H groups in total. The van der Waals surface area contributed by atoms with Crippen LogP contribution in [0.3, 0.4) is 0 Å². The van der Waals surface area contributed by atoms with E-state index in [1.807, 2.05) is 57.1 Å². The number of carbonyl (C=O) groups is 1. The predicted molar refractivity (Wildman–Crippen MR) is 82.5 cm³/mol. The number of aromatic nitrogens is 3. The van der Waals surface area contributed by atoms with Crippen molar-refractivity contribution >= 4 is 17.4 Å². The molecule has 0 bridgehead atoms. The number of benzene rings is 1. The van der Waals surface area contributed by atoms with Crippen molar-refractivity contribution in [1.82, 2.24) is 20.5 Å². The maximum Gasteiger partial charge on any atom is 0.319 e. The van der Waals surface area contributed by atoms with Gasteiger partial charge in [0, 0.05) is 25.5 Å². The first-order chi connectivity index (χ1) is 9.95. The number of hydrogen-bond acceptors (Lipinski definition) is 4. The summed E-state index contributed by atoms with van der Waals surface area (Å²) in [5, 5.41) is 12.4. The molecular weight excluding hydrogens is 268 g/mol. The average Bonchev–Trinajstić information content (AvgIpc) is 2.85. The Morgan fingerprint density at radius 1 is 1.38 bits per heavy atom. The van der Waals surface area contributed by atoms with Gasteiger partial charge in [-0.05, 0) is 32.0 Å². The van der Waals surface area contributed by atoms with Crippen molar-refractivity contribution in [2.24, 2.45) is 0 Å². The van der Waals surface area contributed by atoms with Crippen LogP contribution in [0.4, 0.5) is 16.2 Å². The van der Waals surface area contributed by atoms with Crippen LogP contribution in [0.25, 0.3) is 0 Å². The molecule has 0 saturated heterocycles. The third-order valence-corrected chi connectivity index (χ3v) is 2.97. The molecule has 0 radical (unpaired) electrons. The molecule has 0 spiro atoms. The molecule has 0 fully saturated rings. The molecule has 2 amide bonds. The Bertz CT molecular complexity index is 621. The normalized spacial score (nSPS) is 11.8. The van der Waals surface area contributed by atoms with Crippen molar-refractivity contribution in [2.45, 2.75) is 19.9 Å². The van der Waals surface area contributed by atoms with Gasteiger partial charge in [0.25, 0.3) is 0 Å². The minimum Gasteiger partial charge on any atom is -0.378 e. The van der Waals surface area contributed by atoms with Gasteiger partial charge in [-0.15, -0.1) is 0 Å². The third kappa shape index (κ3) is 3.95. The zero-order chi connectivity index (χ0) is 15.4. The summed E-state index contributed by atoms with van der Waals surface area (Å²) in [7, 11) is 3.90. The van der Waals surface area contributed by atoms with Gasteiger partial charge in [-0.1, -0.05) is 6.07 Å². The zero-order valence-electron chi connectivity index (χ0n) is 12.6. The number of H-pyrrole nitrogens is 1. The molecule has 7 nitrogen and oxygen atoms in total. The molecule has 0 aliphatic carbocycles. The summed E-state index contributed by atoms with van der Waals surface area (Å²) in [5.74, 6) is 1.28. The molecule has 2 rings (SSSR count). The predicted octanol–water partition coefficient (Wildman–Crippen LogP) is 2.06. The topological polar surface area (TPSA) is 85.9 Å². The second kappa shape index (κ2) is 6.25. The fourth-order valence-electron chi connectivity index (χ4n) is 1.84. The van der Waals surface area contributed by atoms with Crippen LogP contribution < -0.4 is 15.5 Å². The second-order valence-electron chi connectivity index (χ2n) is 5.04. The highest BCUT2D eigenvalue weighted by Crippen LogP contribution is 2.17. The molecule has 0 aliphatic rings. The largest absolute Gasteiger partial charge is 0.378 e. The van der Waals surface area contributed by atoms with Gasteiger partial charge >= 0.3 is 6.03 Å². The van der Waals surface area contributed by atoms with E-state index in [-0.39, 0.29) is 12.1 Å². The number of carbonyl (C=O) groups excluding carboxylic acids is 1. The second-order valence-corrected chi connectivity index (χ2v) is 5.04. The Hall–Kier alpha value is -2.57. The minimum atomic E-state index is -0.291. The van der Waals surface area contributed by atoms with E-state index in [0.29, 0.717) is 5.82 Å². The number of urea groups is 1. The van der Waals surface area contributed by atoms with Crippen molar-refractivity contribution in [3.05, 3.63) is 35.9 Å². The van der Waals surface area contributed by atoms with Crippen LogP contribution in [0.1, 0.15) is 24.6 Å². The lowest BCUT2D eigenvalue weighted by atomic mass is 10.2. The molecule has 1 heterocycles. The molecule has 2 aromatic rings. The van der Waals surface area contributed by atoms with E-state index in [9.17, 15) is 4.79 Å². The maximum atomic E-state index is 12.0. The van der Waals surface area contributed by atoms with Crippen molar-refractivity contribution in [1.29, 1.82) is 0 Å². The van der Waals surface area contributed by atoms with E-state index < -0.39 is 0 Å². The standard InChI is InChI=1S/C14H20N6O/c1-9(13-16-10(2)18-19-13)15-14(21)17-11-6-5-7-12(8-11)20(3)4/h5-9H,1-4H3,(H2,15,17,21)(H,16,18,19)/t9-/m1/s1. The number of amides is 2. The monoisotopic (exact) mass is 288 g/mol. The molecular formula is C14H20N6O. The number of nitrogens with zero attached hydrogens (tertiary/aromatic N) is 3. The zero-order valence-corrected chi connectivity index (χ0v) is 12.6.